The Bertz CT molecular complexity index is 550. The summed E-state index contributed by atoms with van der Waals surface area (Å²) in [6.07, 6.45) is 0. The van der Waals surface area contributed by atoms with Gasteiger partial charge in [0.15, 0.2) is 0 Å². The van der Waals surface area contributed by atoms with Gasteiger partial charge in [-0.15, -0.1) is 11.3 Å². The molecule has 0 aliphatic carbocycles. The molecule has 0 bridgehead atoms. The highest BCUT2D eigenvalue weighted by atomic mass is 79.9. The Balaban J connectivity index is 2.30. The van der Waals surface area contributed by atoms with Crippen LogP contribution in [0.2, 0.25) is 0 Å². The number of carbonyl (C=O) groups is 1. The van der Waals surface area contributed by atoms with E-state index < -0.39 is 5.97 Å². The third-order valence-electron chi connectivity index (χ3n) is 2.66. The van der Waals surface area contributed by atoms with Gasteiger partial charge < -0.3 is 10.4 Å². The second-order valence-corrected chi connectivity index (χ2v) is 6.29. The molecule has 0 spiro atoms. The van der Waals surface area contributed by atoms with E-state index in [-0.39, 0.29) is 6.04 Å². The molecular formula is C13H12BrNO2S. The Morgan fingerprint density at radius 3 is 2.39 bits per heavy atom. The first-order valence-electron chi connectivity index (χ1n) is 5.37. The molecule has 1 heterocycles. The lowest BCUT2D eigenvalue weighted by atomic mass is 10.0. The molecule has 0 aliphatic heterocycles. The van der Waals surface area contributed by atoms with Crippen molar-refractivity contribution >= 4 is 33.2 Å². The lowest BCUT2D eigenvalue weighted by Gasteiger charge is -2.15. The van der Waals surface area contributed by atoms with E-state index >= 15 is 0 Å². The van der Waals surface area contributed by atoms with Gasteiger partial charge in [0.05, 0.1) is 15.4 Å². The van der Waals surface area contributed by atoms with E-state index in [9.17, 15) is 4.79 Å². The molecule has 5 heteroatoms. The van der Waals surface area contributed by atoms with Crippen molar-refractivity contribution in [3.05, 3.63) is 56.2 Å². The maximum absolute atomic E-state index is 10.8. The van der Waals surface area contributed by atoms with Crippen LogP contribution in [-0.4, -0.2) is 18.1 Å². The first-order valence-corrected chi connectivity index (χ1v) is 6.98. The summed E-state index contributed by atoms with van der Waals surface area (Å²) in [6, 6.07) is 11.1. The van der Waals surface area contributed by atoms with Gasteiger partial charge in [0, 0.05) is 4.88 Å². The summed E-state index contributed by atoms with van der Waals surface area (Å²) in [7, 11) is 1.89. The molecular weight excluding hydrogens is 314 g/mol. The average molecular weight is 326 g/mol. The molecule has 1 aromatic heterocycles. The number of benzene rings is 1. The summed E-state index contributed by atoms with van der Waals surface area (Å²) in [5.41, 5.74) is 1.36. The van der Waals surface area contributed by atoms with Gasteiger partial charge in [-0.05, 0) is 52.8 Å². The van der Waals surface area contributed by atoms with Crippen molar-refractivity contribution in [2.45, 2.75) is 6.04 Å². The Labute approximate surface area is 118 Å². The molecule has 0 aliphatic rings. The van der Waals surface area contributed by atoms with Crippen LogP contribution in [0.15, 0.2) is 40.2 Å². The van der Waals surface area contributed by atoms with E-state index in [1.165, 1.54) is 4.88 Å². The number of aromatic carboxylic acids is 1. The van der Waals surface area contributed by atoms with Crippen molar-refractivity contribution in [2.75, 3.05) is 7.05 Å². The summed E-state index contributed by atoms with van der Waals surface area (Å²) < 4.78 is 1.08. The fourth-order valence-electron chi connectivity index (χ4n) is 1.77. The van der Waals surface area contributed by atoms with Gasteiger partial charge in [-0.1, -0.05) is 12.1 Å². The average Bonchev–Trinajstić information content (AvgIpc) is 2.77. The number of nitrogens with one attached hydrogen (secondary N) is 1. The minimum absolute atomic E-state index is 0.0872. The van der Waals surface area contributed by atoms with Crippen molar-refractivity contribution in [1.29, 1.82) is 0 Å². The van der Waals surface area contributed by atoms with Crippen LogP contribution in [0.5, 0.6) is 0 Å². The number of carboxylic acids is 1. The van der Waals surface area contributed by atoms with Gasteiger partial charge in [0.2, 0.25) is 0 Å². The molecule has 1 aromatic carbocycles. The smallest absolute Gasteiger partial charge is 0.335 e. The third kappa shape index (κ3) is 2.80. The highest BCUT2D eigenvalue weighted by Gasteiger charge is 2.14. The lowest BCUT2D eigenvalue weighted by molar-refractivity contribution is 0.0697. The largest absolute Gasteiger partial charge is 0.478 e. The standard InChI is InChI=1S/C13H12BrNO2S/c1-15-12(10-6-7-11(14)18-10)8-2-4-9(5-3-8)13(16)17/h2-7,12,15H,1H3,(H,16,17). The normalized spacial score (nSPS) is 12.3. The molecule has 2 aromatic rings. The maximum Gasteiger partial charge on any atom is 0.335 e. The zero-order valence-corrected chi connectivity index (χ0v) is 12.1. The Hall–Kier alpha value is -1.17. The molecule has 0 fully saturated rings. The van der Waals surface area contributed by atoms with Crippen LogP contribution in [0.25, 0.3) is 0 Å². The van der Waals surface area contributed by atoms with Gasteiger partial charge in [0.25, 0.3) is 0 Å². The fraction of sp³-hybridized carbons (Fsp3) is 0.154. The fourth-order valence-corrected chi connectivity index (χ4v) is 3.34. The Kier molecular flexibility index (Phi) is 4.16. The molecule has 1 atom stereocenters. The van der Waals surface area contributed by atoms with Gasteiger partial charge in [0.1, 0.15) is 0 Å². The van der Waals surface area contributed by atoms with E-state index in [0.29, 0.717) is 5.56 Å². The molecule has 0 saturated heterocycles. The molecule has 2 N–H and O–H groups in total. The molecule has 1 unspecified atom stereocenters. The molecule has 18 heavy (non-hydrogen) atoms. The van der Waals surface area contributed by atoms with Crippen LogP contribution in [0, 0.1) is 0 Å². The van der Waals surface area contributed by atoms with Crippen molar-refractivity contribution < 1.29 is 9.90 Å². The highest BCUT2D eigenvalue weighted by molar-refractivity contribution is 9.11. The predicted molar refractivity (Wildman–Crippen MR) is 76.3 cm³/mol. The number of hydrogen-bond donors (Lipinski definition) is 2. The number of thiophene rings is 1. The second-order valence-electron chi connectivity index (χ2n) is 3.79. The van der Waals surface area contributed by atoms with Crippen LogP contribution in [0.4, 0.5) is 0 Å². The van der Waals surface area contributed by atoms with E-state index in [1.54, 1.807) is 23.5 Å². The predicted octanol–water partition coefficient (Wildman–Crippen LogP) is 3.52. The summed E-state index contributed by atoms with van der Waals surface area (Å²) >= 11 is 5.11. The molecule has 94 valence electrons. The summed E-state index contributed by atoms with van der Waals surface area (Å²) in [5, 5.41) is 12.1. The summed E-state index contributed by atoms with van der Waals surface area (Å²) in [6.45, 7) is 0. The molecule has 0 saturated carbocycles. The van der Waals surface area contributed by atoms with Crippen molar-refractivity contribution in [3.63, 3.8) is 0 Å². The summed E-state index contributed by atoms with van der Waals surface area (Å²) in [4.78, 5) is 12.0. The Morgan fingerprint density at radius 1 is 1.28 bits per heavy atom. The first kappa shape index (κ1) is 13.3. The van der Waals surface area contributed by atoms with Crippen LogP contribution >= 0.6 is 27.3 Å². The quantitative estimate of drug-likeness (QED) is 0.904. The van der Waals surface area contributed by atoms with E-state index in [1.807, 2.05) is 25.2 Å². The monoisotopic (exact) mass is 325 g/mol. The maximum atomic E-state index is 10.8. The topological polar surface area (TPSA) is 49.3 Å². The third-order valence-corrected chi connectivity index (χ3v) is 4.35. The van der Waals surface area contributed by atoms with Crippen LogP contribution < -0.4 is 5.32 Å². The highest BCUT2D eigenvalue weighted by Crippen LogP contribution is 2.31. The van der Waals surface area contributed by atoms with Gasteiger partial charge >= 0.3 is 5.97 Å². The van der Waals surface area contributed by atoms with Gasteiger partial charge in [-0.3, -0.25) is 0 Å². The van der Waals surface area contributed by atoms with Crippen molar-refractivity contribution in [2.24, 2.45) is 0 Å². The van der Waals surface area contributed by atoms with E-state index in [4.69, 9.17) is 5.11 Å². The van der Waals surface area contributed by atoms with Gasteiger partial charge in [-0.25, -0.2) is 4.79 Å². The SMILES string of the molecule is CNC(c1ccc(C(=O)O)cc1)c1ccc(Br)s1. The molecule has 3 nitrogen and oxygen atoms in total. The number of carboxylic acid groups (broad SMARTS) is 1. The Morgan fingerprint density at radius 2 is 1.94 bits per heavy atom. The minimum Gasteiger partial charge on any atom is -0.478 e. The zero-order valence-electron chi connectivity index (χ0n) is 9.68. The van der Waals surface area contributed by atoms with Gasteiger partial charge in [-0.2, -0.15) is 0 Å². The molecule has 0 radical (unpaired) electrons. The van der Waals surface area contributed by atoms with E-state index in [0.717, 1.165) is 9.35 Å². The summed E-state index contributed by atoms with van der Waals surface area (Å²) in [5.74, 6) is -0.901. The van der Waals surface area contributed by atoms with Crippen LogP contribution in [0.1, 0.15) is 26.8 Å². The first-order chi connectivity index (χ1) is 8.61. The zero-order chi connectivity index (χ0) is 13.1. The number of rotatable bonds is 4. The minimum atomic E-state index is -0.901. The van der Waals surface area contributed by atoms with Crippen LogP contribution in [-0.2, 0) is 0 Å². The van der Waals surface area contributed by atoms with Crippen molar-refractivity contribution in [1.82, 2.24) is 5.32 Å². The number of hydrogen-bond acceptors (Lipinski definition) is 3. The van der Waals surface area contributed by atoms with Crippen molar-refractivity contribution in [3.8, 4) is 0 Å². The molecule has 0 amide bonds. The van der Waals surface area contributed by atoms with E-state index in [2.05, 4.69) is 27.3 Å². The number of halogens is 1. The second kappa shape index (κ2) is 5.65. The lowest BCUT2D eigenvalue weighted by Crippen LogP contribution is -2.16. The molecule has 2 rings (SSSR count). The van der Waals surface area contributed by atoms with Crippen LogP contribution in [0.3, 0.4) is 0 Å².